The van der Waals surface area contributed by atoms with E-state index in [9.17, 15) is 0 Å². The second-order valence-corrected chi connectivity index (χ2v) is 27.7. The summed E-state index contributed by atoms with van der Waals surface area (Å²) in [7, 11) is 12.1. The molecule has 2 aliphatic rings. The van der Waals surface area contributed by atoms with Crippen LogP contribution in [0, 0.1) is 0 Å². The molecular formula is C12H16ClSZr. The Labute approximate surface area is 100 Å². The molecule has 0 spiro atoms. The van der Waals surface area contributed by atoms with Crippen molar-refractivity contribution < 1.29 is 16.1 Å². The monoisotopic (exact) mass is 317 g/mol. The summed E-state index contributed by atoms with van der Waals surface area (Å²) in [6, 6.07) is 0. The van der Waals surface area contributed by atoms with Gasteiger partial charge in [0.25, 0.3) is 0 Å². The van der Waals surface area contributed by atoms with Crippen LogP contribution in [0.2, 0.25) is 4.13 Å². The van der Waals surface area contributed by atoms with Crippen LogP contribution in [0.1, 0.15) is 19.8 Å². The van der Waals surface area contributed by atoms with Crippen molar-refractivity contribution in [1.82, 2.24) is 0 Å². The van der Waals surface area contributed by atoms with Crippen LogP contribution in [0.4, 0.5) is 0 Å². The molecule has 0 saturated carbocycles. The van der Waals surface area contributed by atoms with E-state index in [2.05, 4.69) is 43.4 Å². The number of hydrogen-bond acceptors (Lipinski definition) is 1. The first-order valence-corrected chi connectivity index (χ1v) is 16.5. The van der Waals surface area contributed by atoms with Gasteiger partial charge in [-0.15, -0.1) is 0 Å². The molecule has 81 valence electrons. The van der Waals surface area contributed by atoms with Gasteiger partial charge in [0, 0.05) is 0 Å². The molecule has 0 nitrogen and oxygen atoms in total. The maximum absolute atomic E-state index is 7.05. The van der Waals surface area contributed by atoms with Crippen LogP contribution in [-0.2, 0) is 16.1 Å². The molecule has 2 rings (SSSR count). The Morgan fingerprint density at radius 3 is 1.93 bits per heavy atom. The molecule has 0 N–H and O–H groups in total. The molecule has 0 aromatic heterocycles. The fourth-order valence-electron chi connectivity index (χ4n) is 2.31. The second kappa shape index (κ2) is 4.05. The van der Waals surface area contributed by atoms with Gasteiger partial charge in [-0.3, -0.25) is 0 Å². The van der Waals surface area contributed by atoms with Crippen LogP contribution in [0.5, 0.6) is 0 Å². The van der Waals surface area contributed by atoms with Gasteiger partial charge < -0.3 is 0 Å². The van der Waals surface area contributed by atoms with Crippen LogP contribution in [0.3, 0.4) is 0 Å². The topological polar surface area (TPSA) is 0 Å². The number of halogens is 1. The molecule has 0 heterocycles. The molecule has 0 aromatic carbocycles. The SMILES string of the molecule is C[CH2][Zr]([SH])([Cl])([C]1=CC=CC1)[C]1=CC=CC1. The molecule has 0 bridgehead atoms. The Bertz CT molecular complexity index is 368. The maximum atomic E-state index is 7.05. The Hall–Kier alpha value is 0.483. The quantitative estimate of drug-likeness (QED) is 0.710. The van der Waals surface area contributed by atoms with Gasteiger partial charge in [0.2, 0.25) is 0 Å². The van der Waals surface area contributed by atoms with Crippen molar-refractivity contribution in [3.05, 3.63) is 43.0 Å². The van der Waals surface area contributed by atoms with Crippen molar-refractivity contribution >= 4 is 17.9 Å². The average molecular weight is 319 g/mol. The van der Waals surface area contributed by atoms with Gasteiger partial charge in [-0.25, -0.2) is 0 Å². The van der Waals surface area contributed by atoms with Gasteiger partial charge in [-0.2, -0.15) is 0 Å². The normalized spacial score (nSPS) is 22.5. The molecule has 0 amide bonds. The third kappa shape index (κ3) is 1.90. The summed E-state index contributed by atoms with van der Waals surface area (Å²) in [6.07, 6.45) is 15.0. The molecule has 2 aliphatic carbocycles. The minimum absolute atomic E-state index is 1.00. The van der Waals surface area contributed by atoms with Crippen molar-refractivity contribution in [3.63, 3.8) is 0 Å². The first kappa shape index (κ1) is 12.0. The van der Waals surface area contributed by atoms with Crippen molar-refractivity contribution in [2.24, 2.45) is 0 Å². The molecule has 0 atom stereocenters. The van der Waals surface area contributed by atoms with E-state index in [0.717, 1.165) is 17.0 Å². The molecule has 0 aromatic rings. The molecule has 0 unspecified atom stereocenters. The number of rotatable bonds is 3. The van der Waals surface area contributed by atoms with Crippen molar-refractivity contribution in [2.45, 2.75) is 23.9 Å². The molecular weight excluding hydrogens is 303 g/mol. The summed E-state index contributed by atoms with van der Waals surface area (Å²) in [5, 5.41) is 0. The first-order valence-electron chi connectivity index (χ1n) is 5.41. The third-order valence-corrected chi connectivity index (χ3v) is 24.6. The Balaban J connectivity index is 2.42. The Morgan fingerprint density at radius 2 is 1.67 bits per heavy atom. The van der Waals surface area contributed by atoms with E-state index in [-0.39, 0.29) is 0 Å². The number of thiol groups is 1. The Morgan fingerprint density at radius 1 is 1.20 bits per heavy atom. The number of hydrogen-bond donors (Lipinski definition) is 1. The van der Waals surface area contributed by atoms with Crippen LogP contribution in [-0.4, -0.2) is 0 Å². The van der Waals surface area contributed by atoms with Gasteiger partial charge in [0.15, 0.2) is 0 Å². The molecule has 15 heavy (non-hydrogen) atoms. The minimum atomic E-state index is -3.54. The molecule has 0 radical (unpaired) electrons. The van der Waals surface area contributed by atoms with Gasteiger partial charge >= 0.3 is 101 Å². The van der Waals surface area contributed by atoms with Gasteiger partial charge in [-0.05, 0) is 0 Å². The predicted octanol–water partition coefficient (Wildman–Crippen LogP) is 4.80. The van der Waals surface area contributed by atoms with Crippen LogP contribution in [0.25, 0.3) is 0 Å². The summed E-state index contributed by atoms with van der Waals surface area (Å²) < 4.78 is 3.81. The van der Waals surface area contributed by atoms with E-state index in [4.69, 9.17) is 17.9 Å². The van der Waals surface area contributed by atoms with Crippen LogP contribution in [0.15, 0.2) is 43.0 Å². The zero-order valence-electron chi connectivity index (χ0n) is 8.91. The van der Waals surface area contributed by atoms with Crippen LogP contribution < -0.4 is 0 Å². The zero-order valence-corrected chi connectivity index (χ0v) is 13.0. The summed E-state index contributed by atoms with van der Waals surface area (Å²) in [4.78, 5) is 0. The Kier molecular flexibility index (Phi) is 3.23. The van der Waals surface area contributed by atoms with Crippen molar-refractivity contribution in [2.75, 3.05) is 0 Å². The summed E-state index contributed by atoms with van der Waals surface area (Å²) in [5.41, 5.74) is 0. The summed E-state index contributed by atoms with van der Waals surface area (Å²) in [5.74, 6) is 0. The summed E-state index contributed by atoms with van der Waals surface area (Å²) in [6.45, 7) is 2.18. The average Bonchev–Trinajstić information content (AvgIpc) is 2.91. The zero-order chi connectivity index (χ0) is 11.0. The standard InChI is InChI=1S/2C5H5.C2H5.ClH.H2S.Zr/c2*1-2-4-5-3-1;1-2;;;/h2*1-3H,4H2;1H2,2H3;1H;1H2;/q;;;;;+2/p-2. The van der Waals surface area contributed by atoms with Crippen molar-refractivity contribution in [1.29, 1.82) is 0 Å². The molecule has 3 heteroatoms. The number of allylic oxidation sites excluding steroid dienone is 8. The molecule has 0 aliphatic heterocycles. The molecule has 0 fully saturated rings. The third-order valence-electron chi connectivity index (χ3n) is 3.49. The van der Waals surface area contributed by atoms with E-state index in [1.54, 1.807) is 0 Å². The van der Waals surface area contributed by atoms with E-state index in [1.165, 1.54) is 6.56 Å². The first-order chi connectivity index (χ1) is 7.07. The predicted molar refractivity (Wildman–Crippen MR) is 69.0 cm³/mol. The van der Waals surface area contributed by atoms with E-state index in [1.807, 2.05) is 0 Å². The fourth-order valence-corrected chi connectivity index (χ4v) is 13.9. The summed E-state index contributed by atoms with van der Waals surface area (Å²) >= 11 is -3.54. The van der Waals surface area contributed by atoms with Gasteiger partial charge in [-0.1, -0.05) is 0 Å². The van der Waals surface area contributed by atoms with Crippen molar-refractivity contribution in [3.8, 4) is 0 Å². The van der Waals surface area contributed by atoms with E-state index < -0.39 is 16.1 Å². The second-order valence-electron chi connectivity index (χ2n) is 4.27. The van der Waals surface area contributed by atoms with E-state index in [0.29, 0.717) is 0 Å². The van der Waals surface area contributed by atoms with Gasteiger partial charge in [0.1, 0.15) is 0 Å². The van der Waals surface area contributed by atoms with E-state index >= 15 is 0 Å². The fraction of sp³-hybridized carbons (Fsp3) is 0.333. The molecule has 0 saturated heterocycles. The van der Waals surface area contributed by atoms with Gasteiger partial charge in [0.05, 0.1) is 0 Å². The van der Waals surface area contributed by atoms with Crippen LogP contribution >= 0.6 is 17.9 Å².